The molecule has 1 heterocycles. The highest BCUT2D eigenvalue weighted by atomic mass is 16.5. The van der Waals surface area contributed by atoms with E-state index in [1.807, 2.05) is 72.8 Å². The number of ether oxygens (including phenoxy) is 1. The van der Waals surface area contributed by atoms with Crippen LogP contribution in [0.3, 0.4) is 0 Å². The first-order chi connectivity index (χ1) is 11.4. The Bertz CT molecular complexity index is 741. The molecule has 2 aromatic carbocycles. The van der Waals surface area contributed by atoms with E-state index >= 15 is 0 Å². The van der Waals surface area contributed by atoms with E-state index in [2.05, 4.69) is 15.5 Å². The van der Waals surface area contributed by atoms with E-state index < -0.39 is 0 Å². The minimum Gasteiger partial charge on any atom is -0.489 e. The highest BCUT2D eigenvalue weighted by Crippen LogP contribution is 2.13. The number of hydrogen-bond donors (Lipinski definition) is 1. The van der Waals surface area contributed by atoms with E-state index in [-0.39, 0.29) is 0 Å². The molecule has 0 bridgehead atoms. The van der Waals surface area contributed by atoms with Gasteiger partial charge in [0.05, 0.1) is 6.21 Å². The molecule has 114 valence electrons. The fraction of sp³-hybridized carbons (Fsp3) is 0.0526. The van der Waals surface area contributed by atoms with Crippen LogP contribution in [0.15, 0.2) is 84.1 Å². The molecule has 3 rings (SSSR count). The lowest BCUT2D eigenvalue weighted by molar-refractivity contribution is 0.306. The zero-order valence-corrected chi connectivity index (χ0v) is 12.6. The Kier molecular flexibility index (Phi) is 4.98. The van der Waals surface area contributed by atoms with Crippen LogP contribution in [0.1, 0.15) is 11.1 Å². The Morgan fingerprint density at radius 2 is 1.70 bits per heavy atom. The normalized spacial score (nSPS) is 10.6. The van der Waals surface area contributed by atoms with Gasteiger partial charge in [-0.1, -0.05) is 36.4 Å². The summed E-state index contributed by atoms with van der Waals surface area (Å²) in [6.45, 7) is 0.565. The summed E-state index contributed by atoms with van der Waals surface area (Å²) in [7, 11) is 0. The van der Waals surface area contributed by atoms with Gasteiger partial charge in [-0.25, -0.2) is 4.98 Å². The fourth-order valence-electron chi connectivity index (χ4n) is 1.99. The number of anilines is 1. The lowest BCUT2D eigenvalue weighted by Crippen LogP contribution is -1.95. The first kappa shape index (κ1) is 14.8. The second kappa shape index (κ2) is 7.75. The molecule has 0 aliphatic heterocycles. The van der Waals surface area contributed by atoms with Crippen LogP contribution in [-0.2, 0) is 6.61 Å². The summed E-state index contributed by atoms with van der Waals surface area (Å²) in [5.41, 5.74) is 5.02. The first-order valence-electron chi connectivity index (χ1n) is 7.37. The van der Waals surface area contributed by atoms with Crippen LogP contribution in [0.2, 0.25) is 0 Å². The van der Waals surface area contributed by atoms with Gasteiger partial charge in [0.2, 0.25) is 0 Å². The molecular weight excluding hydrogens is 286 g/mol. The summed E-state index contributed by atoms with van der Waals surface area (Å²) >= 11 is 0. The summed E-state index contributed by atoms with van der Waals surface area (Å²) in [6, 6.07) is 23.5. The van der Waals surface area contributed by atoms with Crippen molar-refractivity contribution >= 4 is 12.0 Å². The van der Waals surface area contributed by atoms with Gasteiger partial charge in [0.25, 0.3) is 0 Å². The smallest absolute Gasteiger partial charge is 0.146 e. The highest BCUT2D eigenvalue weighted by molar-refractivity contribution is 5.80. The molecule has 0 saturated carbocycles. The van der Waals surface area contributed by atoms with Crippen LogP contribution >= 0.6 is 0 Å². The topological polar surface area (TPSA) is 46.5 Å². The molecular formula is C19H17N3O. The highest BCUT2D eigenvalue weighted by Gasteiger charge is 1.96. The van der Waals surface area contributed by atoms with E-state index in [9.17, 15) is 0 Å². The average Bonchev–Trinajstić information content (AvgIpc) is 2.63. The molecule has 4 heteroatoms. The van der Waals surface area contributed by atoms with Gasteiger partial charge in [0.1, 0.15) is 18.2 Å². The van der Waals surface area contributed by atoms with Gasteiger partial charge < -0.3 is 4.74 Å². The Hall–Kier alpha value is -3.14. The van der Waals surface area contributed by atoms with Gasteiger partial charge in [-0.15, -0.1) is 0 Å². The summed E-state index contributed by atoms with van der Waals surface area (Å²) < 4.78 is 5.75. The molecule has 0 aliphatic carbocycles. The second-order valence-corrected chi connectivity index (χ2v) is 4.93. The molecule has 1 N–H and O–H groups in total. The standard InChI is InChI=1S/C19H17N3O/c1-2-6-17(7-3-1)15-23-18-11-9-16(10-12-18)14-21-22-19-8-4-5-13-20-19/h1-14H,15H2,(H,20,22)/b21-14+. The zero-order chi connectivity index (χ0) is 15.7. The van der Waals surface area contributed by atoms with Gasteiger partial charge in [0, 0.05) is 6.20 Å². The summed E-state index contributed by atoms with van der Waals surface area (Å²) in [4.78, 5) is 4.13. The van der Waals surface area contributed by atoms with Crippen LogP contribution in [-0.4, -0.2) is 11.2 Å². The number of aromatic nitrogens is 1. The van der Waals surface area contributed by atoms with Crippen molar-refractivity contribution in [1.82, 2.24) is 4.98 Å². The van der Waals surface area contributed by atoms with Crippen LogP contribution in [0.25, 0.3) is 0 Å². The lowest BCUT2D eigenvalue weighted by Gasteiger charge is -2.06. The monoisotopic (exact) mass is 303 g/mol. The maximum Gasteiger partial charge on any atom is 0.146 e. The maximum absolute atomic E-state index is 5.75. The number of hydrazone groups is 1. The number of pyridine rings is 1. The van der Waals surface area contributed by atoms with E-state index in [0.717, 1.165) is 16.9 Å². The molecule has 1 aromatic heterocycles. The Balaban J connectivity index is 1.52. The van der Waals surface area contributed by atoms with Crippen molar-refractivity contribution in [3.63, 3.8) is 0 Å². The van der Waals surface area contributed by atoms with Gasteiger partial charge in [-0.2, -0.15) is 5.10 Å². The third-order valence-electron chi connectivity index (χ3n) is 3.19. The van der Waals surface area contributed by atoms with Crippen LogP contribution in [0.5, 0.6) is 5.75 Å². The molecule has 0 amide bonds. The van der Waals surface area contributed by atoms with Gasteiger partial charge in [-0.3, -0.25) is 5.43 Å². The van der Waals surface area contributed by atoms with Crippen molar-refractivity contribution < 1.29 is 4.74 Å². The minimum atomic E-state index is 0.565. The first-order valence-corrected chi connectivity index (χ1v) is 7.37. The number of nitrogens with zero attached hydrogens (tertiary/aromatic N) is 2. The van der Waals surface area contributed by atoms with Crippen molar-refractivity contribution in [3.8, 4) is 5.75 Å². The maximum atomic E-state index is 5.75. The Morgan fingerprint density at radius 3 is 2.43 bits per heavy atom. The van der Waals surface area contributed by atoms with Crippen LogP contribution < -0.4 is 10.2 Å². The van der Waals surface area contributed by atoms with Crippen molar-refractivity contribution in [2.45, 2.75) is 6.61 Å². The van der Waals surface area contributed by atoms with Crippen molar-refractivity contribution in [2.24, 2.45) is 5.10 Å². The van der Waals surface area contributed by atoms with E-state index in [1.54, 1.807) is 12.4 Å². The zero-order valence-electron chi connectivity index (χ0n) is 12.6. The summed E-state index contributed by atoms with van der Waals surface area (Å²) in [5, 5.41) is 4.16. The van der Waals surface area contributed by atoms with Gasteiger partial charge >= 0.3 is 0 Å². The Morgan fingerprint density at radius 1 is 0.913 bits per heavy atom. The summed E-state index contributed by atoms with van der Waals surface area (Å²) in [5.74, 6) is 1.55. The predicted octanol–water partition coefficient (Wildman–Crippen LogP) is 4.11. The van der Waals surface area contributed by atoms with Crippen molar-refractivity contribution in [1.29, 1.82) is 0 Å². The minimum absolute atomic E-state index is 0.565. The number of nitrogens with one attached hydrogen (secondary N) is 1. The average molecular weight is 303 g/mol. The molecule has 23 heavy (non-hydrogen) atoms. The predicted molar refractivity (Wildman–Crippen MR) is 92.7 cm³/mol. The molecule has 0 aliphatic rings. The summed E-state index contributed by atoms with van der Waals surface area (Å²) in [6.07, 6.45) is 3.46. The molecule has 0 spiro atoms. The van der Waals surface area contributed by atoms with Crippen molar-refractivity contribution in [2.75, 3.05) is 5.43 Å². The quantitative estimate of drug-likeness (QED) is 0.550. The number of benzene rings is 2. The molecule has 0 radical (unpaired) electrons. The molecule has 4 nitrogen and oxygen atoms in total. The SMILES string of the molecule is C(=N\Nc1ccccn1)/c1ccc(OCc2ccccc2)cc1. The lowest BCUT2D eigenvalue weighted by atomic mass is 10.2. The Labute approximate surface area is 135 Å². The van der Waals surface area contributed by atoms with Crippen LogP contribution in [0, 0.1) is 0 Å². The third-order valence-corrected chi connectivity index (χ3v) is 3.19. The van der Waals surface area contributed by atoms with E-state index in [0.29, 0.717) is 12.4 Å². The van der Waals surface area contributed by atoms with Gasteiger partial charge in [0.15, 0.2) is 0 Å². The van der Waals surface area contributed by atoms with Crippen LogP contribution in [0.4, 0.5) is 5.82 Å². The van der Waals surface area contributed by atoms with E-state index in [4.69, 9.17) is 4.74 Å². The number of hydrogen-bond acceptors (Lipinski definition) is 4. The second-order valence-electron chi connectivity index (χ2n) is 4.93. The molecule has 3 aromatic rings. The third kappa shape index (κ3) is 4.68. The molecule has 0 fully saturated rings. The van der Waals surface area contributed by atoms with E-state index in [1.165, 1.54) is 0 Å². The largest absolute Gasteiger partial charge is 0.489 e. The molecule has 0 atom stereocenters. The number of rotatable bonds is 6. The fourth-order valence-corrected chi connectivity index (χ4v) is 1.99. The molecule has 0 unspecified atom stereocenters. The van der Waals surface area contributed by atoms with Gasteiger partial charge in [-0.05, 0) is 47.5 Å². The van der Waals surface area contributed by atoms with Crippen molar-refractivity contribution in [3.05, 3.63) is 90.1 Å². The molecule has 0 saturated heterocycles.